The number of nitrogens with zero attached hydrogens (tertiary/aromatic N) is 2. The number of carbonyl (C=O) groups excluding carboxylic acids is 2. The minimum atomic E-state index is 0.0753. The Morgan fingerprint density at radius 3 is 2.41 bits per heavy atom. The van der Waals surface area contributed by atoms with Gasteiger partial charge in [0.25, 0.3) is 11.8 Å². The predicted octanol–water partition coefficient (Wildman–Crippen LogP) is 3.91. The number of aryl methyl sites for hydroxylation is 1. The van der Waals surface area contributed by atoms with Gasteiger partial charge in [0.05, 0.1) is 6.04 Å². The lowest BCUT2D eigenvalue weighted by Gasteiger charge is -2.25. The summed E-state index contributed by atoms with van der Waals surface area (Å²) in [5, 5.41) is 0. The average molecular weight is 392 g/mol. The van der Waals surface area contributed by atoms with Crippen molar-refractivity contribution in [1.82, 2.24) is 9.80 Å². The van der Waals surface area contributed by atoms with Crippen LogP contribution in [0.25, 0.3) is 0 Å². The first-order valence-electron chi connectivity index (χ1n) is 10.5. The van der Waals surface area contributed by atoms with E-state index in [9.17, 15) is 9.59 Å². The summed E-state index contributed by atoms with van der Waals surface area (Å²) in [5.74, 6) is 0.906. The minimum Gasteiger partial charge on any atom is -0.491 e. The highest BCUT2D eigenvalue weighted by molar-refractivity contribution is 5.95. The Kier molecular flexibility index (Phi) is 5.84. The van der Waals surface area contributed by atoms with Gasteiger partial charge in [-0.3, -0.25) is 9.59 Å². The van der Waals surface area contributed by atoms with E-state index in [1.807, 2.05) is 65.3 Å². The Morgan fingerprint density at radius 2 is 1.69 bits per heavy atom. The van der Waals surface area contributed by atoms with Crippen molar-refractivity contribution in [3.63, 3.8) is 0 Å². The molecule has 2 aromatic rings. The second-order valence-electron chi connectivity index (χ2n) is 8.00. The maximum atomic E-state index is 12.9. The summed E-state index contributed by atoms with van der Waals surface area (Å²) in [6.07, 6.45) is 4.12. The molecule has 0 spiro atoms. The lowest BCUT2D eigenvalue weighted by atomic mass is 10.1. The second kappa shape index (κ2) is 8.68. The van der Waals surface area contributed by atoms with E-state index < -0.39 is 0 Å². The van der Waals surface area contributed by atoms with Gasteiger partial charge < -0.3 is 14.5 Å². The first-order valence-corrected chi connectivity index (χ1v) is 10.5. The number of amides is 2. The maximum Gasteiger partial charge on any atom is 0.254 e. The summed E-state index contributed by atoms with van der Waals surface area (Å²) in [7, 11) is 0. The van der Waals surface area contributed by atoms with E-state index in [-0.39, 0.29) is 17.9 Å². The van der Waals surface area contributed by atoms with Crippen molar-refractivity contribution in [1.29, 1.82) is 0 Å². The molecule has 5 nitrogen and oxygen atoms in total. The molecular weight excluding hydrogens is 364 g/mol. The smallest absolute Gasteiger partial charge is 0.254 e. The van der Waals surface area contributed by atoms with Crippen molar-refractivity contribution in [2.75, 3.05) is 26.2 Å². The normalized spacial score (nSPS) is 18.9. The molecule has 1 atom stereocenters. The molecule has 0 N–H and O–H groups in total. The number of hydrogen-bond acceptors (Lipinski definition) is 3. The Morgan fingerprint density at radius 1 is 0.931 bits per heavy atom. The molecule has 2 aliphatic heterocycles. The molecule has 2 fully saturated rings. The first-order chi connectivity index (χ1) is 14.1. The fourth-order valence-corrected chi connectivity index (χ4v) is 4.21. The molecule has 0 radical (unpaired) electrons. The Bertz CT molecular complexity index is 872. The number of carbonyl (C=O) groups is 2. The third-order valence-electron chi connectivity index (χ3n) is 5.84. The number of rotatable bonds is 5. The van der Waals surface area contributed by atoms with Gasteiger partial charge in [0.2, 0.25) is 0 Å². The van der Waals surface area contributed by atoms with E-state index in [0.717, 1.165) is 62.2 Å². The van der Waals surface area contributed by atoms with E-state index in [1.54, 1.807) is 0 Å². The van der Waals surface area contributed by atoms with Gasteiger partial charge in [-0.15, -0.1) is 0 Å². The first kappa shape index (κ1) is 19.5. The van der Waals surface area contributed by atoms with Crippen LogP contribution in [-0.4, -0.2) is 53.9 Å². The third kappa shape index (κ3) is 4.44. The van der Waals surface area contributed by atoms with Crippen molar-refractivity contribution in [2.24, 2.45) is 0 Å². The topological polar surface area (TPSA) is 49.9 Å². The quantitative estimate of drug-likeness (QED) is 0.775. The Labute approximate surface area is 172 Å². The fourth-order valence-electron chi connectivity index (χ4n) is 4.21. The van der Waals surface area contributed by atoms with Gasteiger partial charge in [-0.25, -0.2) is 0 Å². The largest absolute Gasteiger partial charge is 0.491 e. The molecule has 152 valence electrons. The summed E-state index contributed by atoms with van der Waals surface area (Å²) in [6, 6.07) is 15.2. The zero-order valence-electron chi connectivity index (χ0n) is 17.0. The molecule has 29 heavy (non-hydrogen) atoms. The van der Waals surface area contributed by atoms with Crippen LogP contribution in [0.3, 0.4) is 0 Å². The van der Waals surface area contributed by atoms with Crippen molar-refractivity contribution >= 4 is 11.8 Å². The molecule has 0 saturated carbocycles. The van der Waals surface area contributed by atoms with Gasteiger partial charge in [-0.1, -0.05) is 17.7 Å². The summed E-state index contributed by atoms with van der Waals surface area (Å²) < 4.78 is 5.97. The maximum absolute atomic E-state index is 12.9. The van der Waals surface area contributed by atoms with Crippen molar-refractivity contribution in [2.45, 2.75) is 38.6 Å². The number of likely N-dealkylation sites (tertiary alicyclic amines) is 2. The van der Waals surface area contributed by atoms with Crippen LogP contribution in [0.1, 0.15) is 52.0 Å². The van der Waals surface area contributed by atoms with Crippen molar-refractivity contribution < 1.29 is 14.3 Å². The van der Waals surface area contributed by atoms with Crippen LogP contribution in [0, 0.1) is 6.92 Å². The predicted molar refractivity (Wildman–Crippen MR) is 112 cm³/mol. The van der Waals surface area contributed by atoms with E-state index >= 15 is 0 Å². The Hall–Kier alpha value is -2.82. The monoisotopic (exact) mass is 392 g/mol. The summed E-state index contributed by atoms with van der Waals surface area (Å²) in [6.45, 7) is 4.94. The van der Waals surface area contributed by atoms with Crippen LogP contribution >= 0.6 is 0 Å². The van der Waals surface area contributed by atoms with Crippen LogP contribution in [0.2, 0.25) is 0 Å². The van der Waals surface area contributed by atoms with Gasteiger partial charge >= 0.3 is 0 Å². The van der Waals surface area contributed by atoms with E-state index in [4.69, 9.17) is 4.74 Å². The molecule has 1 unspecified atom stereocenters. The second-order valence-corrected chi connectivity index (χ2v) is 8.00. The molecule has 2 saturated heterocycles. The molecule has 0 bridgehead atoms. The van der Waals surface area contributed by atoms with E-state index in [0.29, 0.717) is 12.2 Å². The molecule has 0 aromatic heterocycles. The third-order valence-corrected chi connectivity index (χ3v) is 5.84. The molecule has 2 aromatic carbocycles. The van der Waals surface area contributed by atoms with Crippen LogP contribution in [0.4, 0.5) is 0 Å². The molecule has 4 rings (SSSR count). The lowest BCUT2D eigenvalue weighted by molar-refractivity contribution is 0.0690. The van der Waals surface area contributed by atoms with Crippen LogP contribution in [0.5, 0.6) is 5.75 Å². The fraction of sp³-hybridized carbons (Fsp3) is 0.417. The lowest BCUT2D eigenvalue weighted by Crippen LogP contribution is -2.39. The van der Waals surface area contributed by atoms with Gasteiger partial charge in [0, 0.05) is 30.8 Å². The number of benzene rings is 2. The van der Waals surface area contributed by atoms with Crippen LogP contribution in [-0.2, 0) is 0 Å². The van der Waals surface area contributed by atoms with Crippen molar-refractivity contribution in [3.05, 3.63) is 65.2 Å². The van der Waals surface area contributed by atoms with Gasteiger partial charge in [0.1, 0.15) is 12.4 Å². The molecule has 5 heteroatoms. The van der Waals surface area contributed by atoms with Gasteiger partial charge in [0.15, 0.2) is 0 Å². The molecular formula is C24H28N2O3. The molecule has 2 heterocycles. The van der Waals surface area contributed by atoms with Gasteiger partial charge in [-0.05, 0) is 69.0 Å². The zero-order valence-corrected chi connectivity index (χ0v) is 17.0. The summed E-state index contributed by atoms with van der Waals surface area (Å²) in [5.41, 5.74) is 2.53. The molecule has 2 amide bonds. The van der Waals surface area contributed by atoms with Gasteiger partial charge in [-0.2, -0.15) is 0 Å². The molecule has 0 aliphatic carbocycles. The minimum absolute atomic E-state index is 0.0753. The number of ether oxygens (including phenoxy) is 1. The molecule has 2 aliphatic rings. The van der Waals surface area contributed by atoms with Crippen molar-refractivity contribution in [3.8, 4) is 5.75 Å². The van der Waals surface area contributed by atoms with Crippen LogP contribution in [0.15, 0.2) is 48.5 Å². The average Bonchev–Trinajstić information content (AvgIpc) is 3.44. The number of hydrogen-bond donors (Lipinski definition) is 0. The van der Waals surface area contributed by atoms with E-state index in [1.165, 1.54) is 0 Å². The van der Waals surface area contributed by atoms with Crippen LogP contribution < -0.4 is 4.74 Å². The van der Waals surface area contributed by atoms with E-state index in [2.05, 4.69) is 0 Å². The highest BCUT2D eigenvalue weighted by Crippen LogP contribution is 2.23. The zero-order chi connectivity index (χ0) is 20.2. The highest BCUT2D eigenvalue weighted by Gasteiger charge is 2.30. The standard InChI is InChI=1S/C24H28N2O3/c1-18-6-4-7-20(16-18)24(28)26-15-5-8-21(26)17-29-22-11-9-19(10-12-22)23(27)25-13-2-3-14-25/h4,6-7,9-12,16,21H,2-3,5,8,13-15,17H2,1H3. The summed E-state index contributed by atoms with van der Waals surface area (Å²) >= 11 is 0. The summed E-state index contributed by atoms with van der Waals surface area (Å²) in [4.78, 5) is 29.2. The SMILES string of the molecule is Cc1cccc(C(=O)N2CCCC2COc2ccc(C(=O)N3CCCC3)cc2)c1. The Balaban J connectivity index is 1.35. The highest BCUT2D eigenvalue weighted by atomic mass is 16.5.